The Morgan fingerprint density at radius 2 is 1.28 bits per heavy atom. The van der Waals surface area contributed by atoms with Crippen LogP contribution in [0.3, 0.4) is 0 Å². The van der Waals surface area contributed by atoms with E-state index in [1.54, 1.807) is 0 Å². The van der Waals surface area contributed by atoms with Crippen molar-refractivity contribution in [2.75, 3.05) is 0 Å². The molecule has 4 rings (SSSR count). The van der Waals surface area contributed by atoms with Crippen LogP contribution in [-0.4, -0.2) is 24.1 Å². The molecular formula is C33H34N3O3+. The van der Waals surface area contributed by atoms with E-state index < -0.39 is 12.1 Å². The normalized spacial score (nSPS) is 12.4. The van der Waals surface area contributed by atoms with E-state index in [0.29, 0.717) is 12.8 Å². The fourth-order valence-electron chi connectivity index (χ4n) is 4.14. The van der Waals surface area contributed by atoms with Crippen molar-refractivity contribution in [3.63, 3.8) is 0 Å². The molecule has 2 N–H and O–H groups in total. The minimum absolute atomic E-state index is 0.126. The number of hydrogen-bond donors (Lipinski definition) is 2. The summed E-state index contributed by atoms with van der Waals surface area (Å²) in [6.07, 6.45) is 8.26. The van der Waals surface area contributed by atoms with Crippen LogP contribution in [0.5, 0.6) is 0 Å². The van der Waals surface area contributed by atoms with Gasteiger partial charge in [0.25, 0.3) is 0 Å². The molecule has 2 unspecified atom stereocenters. The quantitative estimate of drug-likeness (QED) is 0.280. The summed E-state index contributed by atoms with van der Waals surface area (Å²) in [6.45, 7) is 0.126. The first-order valence-electron chi connectivity index (χ1n) is 13.0. The molecule has 4 aromatic rings. The van der Waals surface area contributed by atoms with Crippen molar-refractivity contribution in [1.29, 1.82) is 0 Å². The maximum atomic E-state index is 13.6. The van der Waals surface area contributed by atoms with Gasteiger partial charge in [-0.25, -0.2) is 9.36 Å². The van der Waals surface area contributed by atoms with E-state index in [1.165, 1.54) is 0 Å². The van der Waals surface area contributed by atoms with Gasteiger partial charge in [0.05, 0.1) is 6.04 Å². The predicted octanol–water partition coefficient (Wildman–Crippen LogP) is 4.79. The van der Waals surface area contributed by atoms with Gasteiger partial charge in [0.15, 0.2) is 12.4 Å². The van der Waals surface area contributed by atoms with Gasteiger partial charge in [-0.05, 0) is 28.7 Å². The molecule has 2 amide bonds. The van der Waals surface area contributed by atoms with E-state index in [4.69, 9.17) is 4.74 Å². The number of aryl methyl sites for hydroxylation is 1. The maximum Gasteiger partial charge on any atom is 0.408 e. The fourth-order valence-corrected chi connectivity index (χ4v) is 4.14. The fraction of sp³-hybridized carbons (Fsp3) is 0.182. The van der Waals surface area contributed by atoms with E-state index in [0.717, 1.165) is 22.3 Å². The molecule has 0 saturated heterocycles. The first kappa shape index (κ1) is 27.3. The number of aromatic nitrogens is 1. The van der Waals surface area contributed by atoms with Crippen LogP contribution in [0, 0.1) is 0 Å². The molecule has 1 aromatic heterocycles. The van der Waals surface area contributed by atoms with Crippen molar-refractivity contribution < 1.29 is 18.9 Å². The van der Waals surface area contributed by atoms with Gasteiger partial charge in [0, 0.05) is 18.6 Å². The number of amides is 2. The van der Waals surface area contributed by atoms with Crippen molar-refractivity contribution in [1.82, 2.24) is 10.6 Å². The average molecular weight is 521 g/mol. The molecule has 0 bridgehead atoms. The van der Waals surface area contributed by atoms with Crippen LogP contribution in [0.15, 0.2) is 122 Å². The Kier molecular flexibility index (Phi) is 10.0. The number of benzene rings is 3. The Balaban J connectivity index is 1.49. The smallest absolute Gasteiger partial charge is 0.408 e. The Labute approximate surface area is 230 Å². The van der Waals surface area contributed by atoms with Gasteiger partial charge < -0.3 is 15.4 Å². The summed E-state index contributed by atoms with van der Waals surface area (Å²) in [5.74, 6) is -0.277. The zero-order chi connectivity index (χ0) is 27.3. The Bertz CT molecular complexity index is 1340. The third kappa shape index (κ3) is 9.27. The zero-order valence-electron chi connectivity index (χ0n) is 22.1. The highest BCUT2D eigenvalue weighted by Crippen LogP contribution is 2.10. The van der Waals surface area contributed by atoms with Crippen molar-refractivity contribution >= 4 is 18.1 Å². The summed E-state index contributed by atoms with van der Waals surface area (Å²) in [5.41, 5.74) is 3.94. The number of carbonyl (C=O) groups excluding carboxylic acids is 2. The van der Waals surface area contributed by atoms with Crippen LogP contribution < -0.4 is 15.2 Å². The highest BCUT2D eigenvalue weighted by molar-refractivity contribution is 5.86. The molecule has 6 nitrogen and oxygen atoms in total. The van der Waals surface area contributed by atoms with Gasteiger partial charge in [0.1, 0.15) is 19.7 Å². The Morgan fingerprint density at radius 1 is 0.744 bits per heavy atom. The van der Waals surface area contributed by atoms with E-state index in [9.17, 15) is 9.59 Å². The second kappa shape index (κ2) is 14.3. The van der Waals surface area contributed by atoms with Crippen LogP contribution in [0.1, 0.15) is 22.3 Å². The number of nitrogens with zero attached hydrogens (tertiary/aromatic N) is 1. The first-order valence-corrected chi connectivity index (χ1v) is 13.0. The van der Waals surface area contributed by atoms with E-state index in [2.05, 4.69) is 10.6 Å². The van der Waals surface area contributed by atoms with Gasteiger partial charge in [-0.1, -0.05) is 103 Å². The molecule has 0 aliphatic heterocycles. The first-order chi connectivity index (χ1) is 19.0. The van der Waals surface area contributed by atoms with Crippen LogP contribution in [0.4, 0.5) is 4.79 Å². The highest BCUT2D eigenvalue weighted by atomic mass is 16.5. The van der Waals surface area contributed by atoms with Gasteiger partial charge in [-0.3, -0.25) is 4.79 Å². The maximum absolute atomic E-state index is 13.6. The lowest BCUT2D eigenvalue weighted by molar-refractivity contribution is -0.671. The lowest BCUT2D eigenvalue weighted by atomic mass is 10.0. The number of ether oxygens (including phenoxy) is 1. The molecule has 3 aromatic carbocycles. The van der Waals surface area contributed by atoms with Gasteiger partial charge in [-0.15, -0.1) is 0 Å². The second-order valence-electron chi connectivity index (χ2n) is 9.41. The minimum atomic E-state index is -0.807. The molecule has 0 aliphatic rings. The standard InChI is InChI=1S/C33H33N3O3/c1-36-21-19-26(20-22-36)17-18-30(23-27-11-5-2-6-12-27)34-32(37)31(24-28-13-7-3-8-14-28)35-33(38)39-25-29-15-9-4-10-16-29/h2-22,30-31H,23-25H2,1H3,(H-,34,35,37,38)/p+1/b18-17+. The molecule has 0 aliphatic carbocycles. The molecule has 0 fully saturated rings. The van der Waals surface area contributed by atoms with Crippen LogP contribution >= 0.6 is 0 Å². The molecule has 0 saturated carbocycles. The van der Waals surface area contributed by atoms with E-state index in [1.807, 2.05) is 139 Å². The number of carbonyl (C=O) groups is 2. The van der Waals surface area contributed by atoms with Crippen molar-refractivity contribution in [2.45, 2.75) is 31.5 Å². The SMILES string of the molecule is C[n+]1ccc(/C=C/C(Cc2ccccc2)NC(=O)C(Cc2ccccc2)NC(=O)OCc2ccccc2)cc1. The van der Waals surface area contributed by atoms with Crippen molar-refractivity contribution in [3.05, 3.63) is 144 Å². The molecular weight excluding hydrogens is 486 g/mol. The van der Waals surface area contributed by atoms with Gasteiger partial charge >= 0.3 is 6.09 Å². The van der Waals surface area contributed by atoms with Gasteiger partial charge in [0.2, 0.25) is 5.91 Å². The third-order valence-corrected chi connectivity index (χ3v) is 6.26. The van der Waals surface area contributed by atoms with Crippen LogP contribution in [-0.2, 0) is 36.0 Å². The molecule has 0 radical (unpaired) electrons. The number of nitrogens with one attached hydrogen (secondary N) is 2. The highest BCUT2D eigenvalue weighted by Gasteiger charge is 2.24. The largest absolute Gasteiger partial charge is 0.445 e. The summed E-state index contributed by atoms with van der Waals surface area (Å²) < 4.78 is 7.39. The molecule has 6 heteroatoms. The second-order valence-corrected chi connectivity index (χ2v) is 9.41. The lowest BCUT2D eigenvalue weighted by Gasteiger charge is -2.22. The number of pyridine rings is 1. The third-order valence-electron chi connectivity index (χ3n) is 6.26. The van der Waals surface area contributed by atoms with Crippen molar-refractivity contribution in [2.24, 2.45) is 7.05 Å². The monoisotopic (exact) mass is 520 g/mol. The van der Waals surface area contributed by atoms with E-state index >= 15 is 0 Å². The zero-order valence-corrected chi connectivity index (χ0v) is 22.1. The van der Waals surface area contributed by atoms with Crippen LogP contribution in [0.2, 0.25) is 0 Å². The average Bonchev–Trinajstić information content (AvgIpc) is 2.97. The number of rotatable bonds is 11. The topological polar surface area (TPSA) is 71.3 Å². The molecule has 39 heavy (non-hydrogen) atoms. The molecule has 1 heterocycles. The predicted molar refractivity (Wildman–Crippen MR) is 152 cm³/mol. The summed E-state index contributed by atoms with van der Waals surface area (Å²) in [5, 5.41) is 5.93. The van der Waals surface area contributed by atoms with E-state index in [-0.39, 0.29) is 18.6 Å². The summed E-state index contributed by atoms with van der Waals surface area (Å²) >= 11 is 0. The van der Waals surface area contributed by atoms with Crippen molar-refractivity contribution in [3.8, 4) is 0 Å². The molecule has 2 atom stereocenters. The number of hydrogen-bond acceptors (Lipinski definition) is 3. The lowest BCUT2D eigenvalue weighted by Crippen LogP contribution is -2.50. The summed E-state index contributed by atoms with van der Waals surface area (Å²) in [4.78, 5) is 26.3. The number of alkyl carbamates (subject to hydrolysis) is 1. The molecule has 0 spiro atoms. The van der Waals surface area contributed by atoms with Gasteiger partial charge in [-0.2, -0.15) is 0 Å². The summed E-state index contributed by atoms with van der Waals surface area (Å²) in [7, 11) is 1.97. The summed E-state index contributed by atoms with van der Waals surface area (Å²) in [6, 6.07) is 32.0. The Hall–Kier alpha value is -4.71. The minimum Gasteiger partial charge on any atom is -0.445 e. The Morgan fingerprint density at radius 3 is 1.87 bits per heavy atom. The van der Waals surface area contributed by atoms with Crippen LogP contribution in [0.25, 0.3) is 6.08 Å². The molecule has 198 valence electrons.